The maximum Gasteiger partial charge on any atom is 0.272 e. The third-order valence-electron chi connectivity index (χ3n) is 4.08. The zero-order valence-electron chi connectivity index (χ0n) is 13.5. The Balaban J connectivity index is 2.07. The number of nitrogens with one attached hydrogen (secondary N) is 1. The lowest BCUT2D eigenvalue weighted by atomic mass is 10.1. The number of hydrogen-bond acceptors (Lipinski definition) is 4. The maximum absolute atomic E-state index is 12.6. The fraction of sp³-hybridized carbons (Fsp3) is 0.625. The molecule has 0 bridgehead atoms. The molecule has 2 unspecified atom stereocenters. The number of carbonyl (C=O) groups excluding carboxylic acids is 1. The van der Waals surface area contributed by atoms with E-state index in [1.54, 1.807) is 6.20 Å². The number of carbonyl (C=O) groups is 1. The summed E-state index contributed by atoms with van der Waals surface area (Å²) in [6.45, 7) is 6.80. The molecule has 0 spiro atoms. The van der Waals surface area contributed by atoms with Crippen molar-refractivity contribution in [2.75, 3.05) is 39.0 Å². The Hall–Kier alpha value is -1.62. The normalized spacial score (nSPS) is 21.9. The van der Waals surface area contributed by atoms with Crippen molar-refractivity contribution in [3.63, 3.8) is 0 Å². The minimum absolute atomic E-state index is 0.0337. The van der Waals surface area contributed by atoms with Gasteiger partial charge in [0.2, 0.25) is 0 Å². The molecule has 116 valence electrons. The summed E-state index contributed by atoms with van der Waals surface area (Å²) < 4.78 is 0. The molecule has 0 aliphatic carbocycles. The number of rotatable bonds is 5. The lowest BCUT2D eigenvalue weighted by Gasteiger charge is -2.22. The molecular weight excluding hydrogens is 264 g/mol. The van der Waals surface area contributed by atoms with Crippen LogP contribution in [0.3, 0.4) is 0 Å². The first-order valence-corrected chi connectivity index (χ1v) is 7.68. The number of amides is 1. The number of nitrogens with zero attached hydrogens (tertiary/aromatic N) is 3. The second-order valence-electron chi connectivity index (χ2n) is 6.07. The van der Waals surface area contributed by atoms with Crippen molar-refractivity contribution in [2.24, 2.45) is 5.92 Å². The van der Waals surface area contributed by atoms with Crippen LogP contribution in [-0.4, -0.2) is 60.5 Å². The number of anilines is 1. The molecule has 0 aromatic carbocycles. The Morgan fingerprint density at radius 1 is 1.48 bits per heavy atom. The molecule has 2 heterocycles. The van der Waals surface area contributed by atoms with Crippen LogP contribution in [0.1, 0.15) is 30.8 Å². The molecule has 2 atom stereocenters. The van der Waals surface area contributed by atoms with Crippen molar-refractivity contribution < 1.29 is 4.79 Å². The first-order chi connectivity index (χ1) is 10.0. The van der Waals surface area contributed by atoms with Crippen molar-refractivity contribution in [3.05, 3.63) is 24.0 Å². The molecule has 1 saturated heterocycles. The Labute approximate surface area is 127 Å². The smallest absolute Gasteiger partial charge is 0.272 e. The second-order valence-corrected chi connectivity index (χ2v) is 6.07. The molecule has 1 N–H and O–H groups in total. The SMILES string of the molecule is CCCNc1ccnc(C(=O)N2CC(C)C(N(C)C)C2)c1. The molecule has 1 fully saturated rings. The number of likely N-dealkylation sites (N-methyl/N-ethyl adjacent to an activating group) is 1. The van der Waals surface area contributed by atoms with Crippen LogP contribution in [0.2, 0.25) is 0 Å². The summed E-state index contributed by atoms with van der Waals surface area (Å²) in [5, 5.41) is 3.30. The van der Waals surface area contributed by atoms with Crippen LogP contribution in [0.25, 0.3) is 0 Å². The van der Waals surface area contributed by atoms with Crippen LogP contribution in [-0.2, 0) is 0 Å². The average molecular weight is 290 g/mol. The molecule has 1 aromatic rings. The Bertz CT molecular complexity index is 489. The lowest BCUT2D eigenvalue weighted by molar-refractivity contribution is 0.0775. The van der Waals surface area contributed by atoms with Gasteiger partial charge in [0.1, 0.15) is 5.69 Å². The van der Waals surface area contributed by atoms with Crippen LogP contribution in [0, 0.1) is 5.92 Å². The third-order valence-corrected chi connectivity index (χ3v) is 4.08. The summed E-state index contributed by atoms with van der Waals surface area (Å²) in [4.78, 5) is 21.0. The quantitative estimate of drug-likeness (QED) is 0.900. The van der Waals surface area contributed by atoms with E-state index in [0.29, 0.717) is 17.7 Å². The van der Waals surface area contributed by atoms with Crippen LogP contribution in [0.4, 0.5) is 5.69 Å². The first-order valence-electron chi connectivity index (χ1n) is 7.68. The van der Waals surface area contributed by atoms with Gasteiger partial charge in [-0.2, -0.15) is 0 Å². The summed E-state index contributed by atoms with van der Waals surface area (Å²) in [6, 6.07) is 4.18. The largest absolute Gasteiger partial charge is 0.385 e. The fourth-order valence-electron chi connectivity index (χ4n) is 2.88. The Kier molecular flexibility index (Phi) is 5.17. The molecule has 5 heteroatoms. The van der Waals surface area contributed by atoms with Crippen molar-refractivity contribution in [3.8, 4) is 0 Å². The maximum atomic E-state index is 12.6. The third kappa shape index (κ3) is 3.73. The predicted octanol–water partition coefficient (Wildman–Crippen LogP) is 1.93. The van der Waals surface area contributed by atoms with Crippen LogP contribution in [0.5, 0.6) is 0 Å². The molecule has 0 saturated carbocycles. The highest BCUT2D eigenvalue weighted by Gasteiger charge is 2.34. The van der Waals surface area contributed by atoms with E-state index in [4.69, 9.17) is 0 Å². The van der Waals surface area contributed by atoms with E-state index in [0.717, 1.165) is 31.7 Å². The molecule has 21 heavy (non-hydrogen) atoms. The topological polar surface area (TPSA) is 48.5 Å². The molecule has 2 rings (SSSR count). The van der Waals surface area contributed by atoms with Gasteiger partial charge in [-0.25, -0.2) is 0 Å². The molecule has 0 radical (unpaired) electrons. The van der Waals surface area contributed by atoms with E-state index >= 15 is 0 Å². The number of hydrogen-bond donors (Lipinski definition) is 1. The van der Waals surface area contributed by atoms with Gasteiger partial charge in [-0.3, -0.25) is 9.78 Å². The van der Waals surface area contributed by atoms with Gasteiger partial charge in [0.05, 0.1) is 0 Å². The predicted molar refractivity (Wildman–Crippen MR) is 85.6 cm³/mol. The second kappa shape index (κ2) is 6.89. The van der Waals surface area contributed by atoms with Crippen molar-refractivity contribution in [1.29, 1.82) is 0 Å². The van der Waals surface area contributed by atoms with E-state index in [1.165, 1.54) is 0 Å². The lowest BCUT2D eigenvalue weighted by Crippen LogP contribution is -2.36. The zero-order valence-corrected chi connectivity index (χ0v) is 13.5. The Morgan fingerprint density at radius 3 is 2.86 bits per heavy atom. The summed E-state index contributed by atoms with van der Waals surface area (Å²) in [6.07, 6.45) is 2.76. The Morgan fingerprint density at radius 2 is 2.24 bits per heavy atom. The van der Waals surface area contributed by atoms with Gasteiger partial charge < -0.3 is 15.1 Å². The number of aromatic nitrogens is 1. The van der Waals surface area contributed by atoms with Crippen LogP contribution < -0.4 is 5.32 Å². The minimum Gasteiger partial charge on any atom is -0.385 e. The number of pyridine rings is 1. The van der Waals surface area contributed by atoms with Gasteiger partial charge in [0.15, 0.2) is 0 Å². The monoisotopic (exact) mass is 290 g/mol. The van der Waals surface area contributed by atoms with Crippen LogP contribution >= 0.6 is 0 Å². The van der Waals surface area contributed by atoms with Gasteiger partial charge in [-0.15, -0.1) is 0 Å². The highest BCUT2D eigenvalue weighted by Crippen LogP contribution is 2.22. The average Bonchev–Trinajstić information content (AvgIpc) is 2.87. The van der Waals surface area contributed by atoms with Gasteiger partial charge in [-0.05, 0) is 38.6 Å². The van der Waals surface area contributed by atoms with E-state index in [1.807, 2.05) is 17.0 Å². The first kappa shape index (κ1) is 15.8. The van der Waals surface area contributed by atoms with Crippen molar-refractivity contribution in [2.45, 2.75) is 26.3 Å². The summed E-state index contributed by atoms with van der Waals surface area (Å²) in [7, 11) is 4.14. The summed E-state index contributed by atoms with van der Waals surface area (Å²) >= 11 is 0. The molecular formula is C16H26N4O. The minimum atomic E-state index is 0.0337. The molecule has 1 aromatic heterocycles. The summed E-state index contributed by atoms with van der Waals surface area (Å²) in [5.41, 5.74) is 1.49. The highest BCUT2D eigenvalue weighted by molar-refractivity contribution is 5.93. The van der Waals surface area contributed by atoms with E-state index < -0.39 is 0 Å². The van der Waals surface area contributed by atoms with Gasteiger partial charge in [0, 0.05) is 37.6 Å². The standard InChI is InChI=1S/C16H26N4O/c1-5-7-17-13-6-8-18-14(9-13)16(21)20-10-12(2)15(11-20)19(3)4/h6,8-9,12,15H,5,7,10-11H2,1-4H3,(H,17,18). The van der Waals surface area contributed by atoms with Gasteiger partial charge in [-0.1, -0.05) is 13.8 Å². The summed E-state index contributed by atoms with van der Waals surface area (Å²) in [5.74, 6) is 0.525. The van der Waals surface area contributed by atoms with E-state index in [-0.39, 0.29) is 5.91 Å². The van der Waals surface area contributed by atoms with E-state index in [9.17, 15) is 4.79 Å². The molecule has 5 nitrogen and oxygen atoms in total. The van der Waals surface area contributed by atoms with Crippen molar-refractivity contribution in [1.82, 2.24) is 14.8 Å². The van der Waals surface area contributed by atoms with Gasteiger partial charge in [0.25, 0.3) is 5.91 Å². The van der Waals surface area contributed by atoms with Gasteiger partial charge >= 0.3 is 0 Å². The van der Waals surface area contributed by atoms with E-state index in [2.05, 4.69) is 43.1 Å². The molecule has 1 aliphatic rings. The van der Waals surface area contributed by atoms with Crippen LogP contribution in [0.15, 0.2) is 18.3 Å². The zero-order chi connectivity index (χ0) is 15.4. The highest BCUT2D eigenvalue weighted by atomic mass is 16.2. The fourth-order valence-corrected chi connectivity index (χ4v) is 2.88. The number of likely N-dealkylation sites (tertiary alicyclic amines) is 1. The molecule has 1 amide bonds. The van der Waals surface area contributed by atoms with Crippen molar-refractivity contribution >= 4 is 11.6 Å². The molecule has 1 aliphatic heterocycles.